The normalized spacial score (nSPS) is 19.4. The lowest BCUT2D eigenvalue weighted by Crippen LogP contribution is -2.35. The first-order valence-electron chi connectivity index (χ1n) is 4.40. The third-order valence-corrected chi connectivity index (χ3v) is 2.35. The Morgan fingerprint density at radius 1 is 1.36 bits per heavy atom. The first-order chi connectivity index (χ1) is 5.11. The molecule has 11 heavy (non-hydrogen) atoms. The van der Waals surface area contributed by atoms with Gasteiger partial charge < -0.3 is 10.5 Å². The quantitative estimate of drug-likeness (QED) is 0.663. The van der Waals surface area contributed by atoms with E-state index >= 15 is 0 Å². The largest absolute Gasteiger partial charge is 0.380 e. The van der Waals surface area contributed by atoms with Crippen LogP contribution in [0, 0.1) is 5.92 Å². The standard InChI is InChI=1S/C9H21NO/c1-5-7(2)6-9(10)8(3)11-4/h7-9H,5-6,10H2,1-4H3. The van der Waals surface area contributed by atoms with E-state index in [1.54, 1.807) is 7.11 Å². The predicted octanol–water partition coefficient (Wildman–Crippen LogP) is 1.78. The highest BCUT2D eigenvalue weighted by molar-refractivity contribution is 4.71. The molecule has 68 valence electrons. The summed E-state index contributed by atoms with van der Waals surface area (Å²) in [5.74, 6) is 0.711. The van der Waals surface area contributed by atoms with E-state index in [9.17, 15) is 0 Å². The van der Waals surface area contributed by atoms with Gasteiger partial charge in [-0.25, -0.2) is 0 Å². The van der Waals surface area contributed by atoms with Gasteiger partial charge in [-0.05, 0) is 19.3 Å². The van der Waals surface area contributed by atoms with Crippen LogP contribution in [-0.4, -0.2) is 19.3 Å². The molecule has 0 rings (SSSR count). The van der Waals surface area contributed by atoms with Crippen molar-refractivity contribution in [3.8, 4) is 0 Å². The average Bonchev–Trinajstić information content (AvgIpc) is 2.02. The van der Waals surface area contributed by atoms with E-state index in [1.807, 2.05) is 6.92 Å². The van der Waals surface area contributed by atoms with E-state index in [2.05, 4.69) is 13.8 Å². The van der Waals surface area contributed by atoms with Gasteiger partial charge in [-0.1, -0.05) is 20.3 Å². The monoisotopic (exact) mass is 159 g/mol. The first kappa shape index (κ1) is 10.9. The van der Waals surface area contributed by atoms with Crippen LogP contribution in [-0.2, 0) is 4.74 Å². The van der Waals surface area contributed by atoms with Crippen LogP contribution >= 0.6 is 0 Å². The molecule has 2 nitrogen and oxygen atoms in total. The van der Waals surface area contributed by atoms with Crippen molar-refractivity contribution >= 4 is 0 Å². The van der Waals surface area contributed by atoms with E-state index in [1.165, 1.54) is 6.42 Å². The molecule has 3 atom stereocenters. The molecule has 0 aromatic rings. The zero-order valence-electron chi connectivity index (χ0n) is 8.13. The molecule has 0 amide bonds. The highest BCUT2D eigenvalue weighted by Gasteiger charge is 2.13. The van der Waals surface area contributed by atoms with Gasteiger partial charge >= 0.3 is 0 Å². The lowest BCUT2D eigenvalue weighted by Gasteiger charge is -2.21. The molecule has 2 N–H and O–H groups in total. The molecule has 0 saturated carbocycles. The highest BCUT2D eigenvalue weighted by atomic mass is 16.5. The molecular weight excluding hydrogens is 138 g/mol. The Bertz CT molecular complexity index is 95.6. The summed E-state index contributed by atoms with van der Waals surface area (Å²) in [5.41, 5.74) is 5.88. The van der Waals surface area contributed by atoms with Gasteiger partial charge in [0.05, 0.1) is 6.10 Å². The molecule has 0 radical (unpaired) electrons. The lowest BCUT2D eigenvalue weighted by molar-refractivity contribution is 0.0879. The molecule has 0 spiro atoms. The van der Waals surface area contributed by atoms with Crippen LogP contribution in [0.5, 0.6) is 0 Å². The molecule has 0 aliphatic rings. The Labute approximate surface area is 70.1 Å². The third kappa shape index (κ3) is 4.38. The first-order valence-corrected chi connectivity index (χ1v) is 4.40. The van der Waals surface area contributed by atoms with Gasteiger partial charge in [0, 0.05) is 13.2 Å². The fraction of sp³-hybridized carbons (Fsp3) is 1.00. The molecule has 0 aliphatic heterocycles. The second-order valence-corrected chi connectivity index (χ2v) is 3.35. The molecule has 0 aliphatic carbocycles. The summed E-state index contributed by atoms with van der Waals surface area (Å²) in [6.45, 7) is 6.43. The minimum Gasteiger partial charge on any atom is -0.380 e. The summed E-state index contributed by atoms with van der Waals surface area (Å²) in [5, 5.41) is 0. The Morgan fingerprint density at radius 3 is 2.27 bits per heavy atom. The number of ether oxygens (including phenoxy) is 1. The molecule has 3 unspecified atom stereocenters. The Kier molecular flexibility index (Phi) is 5.51. The van der Waals surface area contributed by atoms with Crippen molar-refractivity contribution in [3.63, 3.8) is 0 Å². The van der Waals surface area contributed by atoms with Crippen LogP contribution < -0.4 is 5.73 Å². The molecule has 0 heterocycles. The van der Waals surface area contributed by atoms with Crippen LogP contribution in [0.4, 0.5) is 0 Å². The maximum atomic E-state index is 5.88. The van der Waals surface area contributed by atoms with Crippen molar-refractivity contribution in [2.75, 3.05) is 7.11 Å². The Hall–Kier alpha value is -0.0800. The summed E-state index contributed by atoms with van der Waals surface area (Å²) in [6.07, 6.45) is 2.44. The SMILES string of the molecule is CCC(C)CC(N)C(C)OC. The molecular formula is C9H21NO. The summed E-state index contributed by atoms with van der Waals surface area (Å²) >= 11 is 0. The number of methoxy groups -OCH3 is 1. The van der Waals surface area contributed by atoms with Gasteiger partial charge in [-0.15, -0.1) is 0 Å². The second kappa shape index (κ2) is 5.56. The van der Waals surface area contributed by atoms with Crippen LogP contribution in [0.3, 0.4) is 0 Å². The smallest absolute Gasteiger partial charge is 0.0694 e. The van der Waals surface area contributed by atoms with Gasteiger partial charge in [-0.3, -0.25) is 0 Å². The van der Waals surface area contributed by atoms with E-state index < -0.39 is 0 Å². The maximum Gasteiger partial charge on any atom is 0.0694 e. The van der Waals surface area contributed by atoms with E-state index in [4.69, 9.17) is 10.5 Å². The van der Waals surface area contributed by atoms with Gasteiger partial charge in [0.1, 0.15) is 0 Å². The van der Waals surface area contributed by atoms with Crippen molar-refractivity contribution in [1.29, 1.82) is 0 Å². The van der Waals surface area contributed by atoms with Crippen LogP contribution in [0.25, 0.3) is 0 Å². The summed E-state index contributed by atoms with van der Waals surface area (Å²) in [4.78, 5) is 0. The molecule has 0 aromatic heterocycles. The average molecular weight is 159 g/mol. The van der Waals surface area contributed by atoms with E-state index in [-0.39, 0.29) is 12.1 Å². The Morgan fingerprint density at radius 2 is 1.91 bits per heavy atom. The zero-order chi connectivity index (χ0) is 8.85. The van der Waals surface area contributed by atoms with Crippen LogP contribution in [0.15, 0.2) is 0 Å². The summed E-state index contributed by atoms with van der Waals surface area (Å²) < 4.78 is 5.13. The molecule has 0 aromatic carbocycles. The summed E-state index contributed by atoms with van der Waals surface area (Å²) in [6, 6.07) is 0.190. The van der Waals surface area contributed by atoms with Gasteiger partial charge in [0.2, 0.25) is 0 Å². The molecule has 0 bridgehead atoms. The molecule has 2 heteroatoms. The number of nitrogens with two attached hydrogens (primary N) is 1. The second-order valence-electron chi connectivity index (χ2n) is 3.35. The predicted molar refractivity (Wildman–Crippen MR) is 48.5 cm³/mol. The van der Waals surface area contributed by atoms with Crippen molar-refractivity contribution in [2.24, 2.45) is 11.7 Å². The zero-order valence-corrected chi connectivity index (χ0v) is 8.13. The van der Waals surface area contributed by atoms with Crippen molar-refractivity contribution in [2.45, 2.75) is 45.8 Å². The third-order valence-electron chi connectivity index (χ3n) is 2.35. The Balaban J connectivity index is 3.58. The lowest BCUT2D eigenvalue weighted by atomic mass is 9.97. The van der Waals surface area contributed by atoms with Crippen LogP contribution in [0.1, 0.15) is 33.6 Å². The van der Waals surface area contributed by atoms with Gasteiger partial charge in [-0.2, -0.15) is 0 Å². The molecule has 0 saturated heterocycles. The minimum absolute atomic E-state index is 0.184. The fourth-order valence-corrected chi connectivity index (χ4v) is 0.998. The maximum absolute atomic E-state index is 5.88. The van der Waals surface area contributed by atoms with Crippen LogP contribution in [0.2, 0.25) is 0 Å². The number of rotatable bonds is 5. The van der Waals surface area contributed by atoms with Gasteiger partial charge in [0.15, 0.2) is 0 Å². The van der Waals surface area contributed by atoms with Crippen molar-refractivity contribution in [3.05, 3.63) is 0 Å². The summed E-state index contributed by atoms with van der Waals surface area (Å²) in [7, 11) is 1.71. The van der Waals surface area contributed by atoms with Crippen molar-refractivity contribution < 1.29 is 4.74 Å². The van der Waals surface area contributed by atoms with Gasteiger partial charge in [0.25, 0.3) is 0 Å². The van der Waals surface area contributed by atoms with E-state index in [0.717, 1.165) is 6.42 Å². The molecule has 0 fully saturated rings. The highest BCUT2D eigenvalue weighted by Crippen LogP contribution is 2.11. The number of hydrogen-bond acceptors (Lipinski definition) is 2. The van der Waals surface area contributed by atoms with Crippen molar-refractivity contribution in [1.82, 2.24) is 0 Å². The topological polar surface area (TPSA) is 35.2 Å². The number of hydrogen-bond donors (Lipinski definition) is 1. The minimum atomic E-state index is 0.184. The van der Waals surface area contributed by atoms with E-state index in [0.29, 0.717) is 5.92 Å². The fourth-order valence-electron chi connectivity index (χ4n) is 0.998.